The van der Waals surface area contributed by atoms with Gasteiger partial charge in [-0.3, -0.25) is 0 Å². The van der Waals surface area contributed by atoms with Crippen molar-refractivity contribution < 1.29 is 10.2 Å². The van der Waals surface area contributed by atoms with Crippen molar-refractivity contribution in [3.05, 3.63) is 0 Å². The Morgan fingerprint density at radius 3 is 2.50 bits per heavy atom. The minimum atomic E-state index is -0.873. The molecule has 0 amide bonds. The summed E-state index contributed by atoms with van der Waals surface area (Å²) in [6.07, 6.45) is 15.7. The summed E-state index contributed by atoms with van der Waals surface area (Å²) in [6, 6.07) is 0. The van der Waals surface area contributed by atoms with Crippen LogP contribution in [0.25, 0.3) is 0 Å². The first kappa shape index (κ1) is 15.0. The lowest BCUT2D eigenvalue weighted by molar-refractivity contribution is -0.111. The Morgan fingerprint density at radius 2 is 1.73 bits per heavy atom. The van der Waals surface area contributed by atoms with E-state index in [1.54, 1.807) is 0 Å². The van der Waals surface area contributed by atoms with E-state index in [4.69, 9.17) is 6.42 Å². The number of hydrogen-bond acceptors (Lipinski definition) is 2. The highest BCUT2D eigenvalue weighted by Crippen LogP contribution is 2.65. The normalized spacial score (nSPS) is 57.4. The van der Waals surface area contributed by atoms with Crippen LogP contribution >= 0.6 is 0 Å². The minimum Gasteiger partial charge on any atom is -0.393 e. The van der Waals surface area contributed by atoms with Gasteiger partial charge in [-0.15, -0.1) is 6.42 Å². The molecule has 22 heavy (non-hydrogen) atoms. The third-order valence-electron chi connectivity index (χ3n) is 8.32. The summed E-state index contributed by atoms with van der Waals surface area (Å²) < 4.78 is 0. The van der Waals surface area contributed by atoms with Crippen LogP contribution in [0.2, 0.25) is 0 Å². The molecular formula is C20H30O2. The van der Waals surface area contributed by atoms with Crippen LogP contribution in [-0.4, -0.2) is 21.9 Å². The number of aliphatic hydroxyl groups is 2. The molecule has 4 saturated carbocycles. The Labute approximate surface area is 134 Å². The summed E-state index contributed by atoms with van der Waals surface area (Å²) >= 11 is 0. The SMILES string of the molecule is C#C[C@]1(O)CC[C@@H]2[C@@H]3CC[C@@H]4C[C@H](O)CC[C@@H]4[C@@H]3CC[C@@]21C. The second-order valence-corrected chi connectivity index (χ2v) is 8.90. The molecule has 0 aromatic heterocycles. The number of terminal acetylenes is 1. The highest BCUT2D eigenvalue weighted by molar-refractivity contribution is 5.23. The van der Waals surface area contributed by atoms with Crippen LogP contribution in [-0.2, 0) is 0 Å². The molecule has 2 heteroatoms. The van der Waals surface area contributed by atoms with Gasteiger partial charge in [0.15, 0.2) is 0 Å². The van der Waals surface area contributed by atoms with E-state index in [1.807, 2.05) is 0 Å². The average Bonchev–Trinajstić information content (AvgIpc) is 2.79. The monoisotopic (exact) mass is 302 g/mol. The van der Waals surface area contributed by atoms with Gasteiger partial charge in [0.05, 0.1) is 6.10 Å². The van der Waals surface area contributed by atoms with Gasteiger partial charge in [0, 0.05) is 5.41 Å². The minimum absolute atomic E-state index is 0.0512. The molecule has 0 bridgehead atoms. The van der Waals surface area contributed by atoms with Crippen LogP contribution in [0.1, 0.15) is 64.7 Å². The Balaban J connectivity index is 1.60. The maximum absolute atomic E-state index is 10.9. The number of rotatable bonds is 0. The van der Waals surface area contributed by atoms with Crippen molar-refractivity contribution in [1.29, 1.82) is 0 Å². The van der Waals surface area contributed by atoms with E-state index in [9.17, 15) is 10.2 Å². The first-order valence-electron chi connectivity index (χ1n) is 9.37. The summed E-state index contributed by atoms with van der Waals surface area (Å²) in [6.45, 7) is 2.26. The van der Waals surface area contributed by atoms with Crippen molar-refractivity contribution >= 4 is 0 Å². The lowest BCUT2D eigenvalue weighted by atomic mass is 9.49. The molecular weight excluding hydrogens is 272 g/mol. The van der Waals surface area contributed by atoms with E-state index >= 15 is 0 Å². The smallest absolute Gasteiger partial charge is 0.130 e. The third-order valence-corrected chi connectivity index (χ3v) is 8.32. The van der Waals surface area contributed by atoms with Gasteiger partial charge in [-0.25, -0.2) is 0 Å². The van der Waals surface area contributed by atoms with Gasteiger partial charge in [-0.2, -0.15) is 0 Å². The maximum atomic E-state index is 10.9. The molecule has 4 fully saturated rings. The number of aliphatic hydroxyl groups excluding tert-OH is 1. The molecule has 0 radical (unpaired) electrons. The molecule has 0 aromatic carbocycles. The summed E-state index contributed by atoms with van der Waals surface area (Å²) in [7, 11) is 0. The van der Waals surface area contributed by atoms with Crippen LogP contribution in [0.4, 0.5) is 0 Å². The summed E-state index contributed by atoms with van der Waals surface area (Å²) in [5.74, 6) is 6.53. The van der Waals surface area contributed by atoms with Gasteiger partial charge in [0.25, 0.3) is 0 Å². The molecule has 4 aliphatic rings. The zero-order valence-electron chi connectivity index (χ0n) is 13.8. The first-order valence-corrected chi connectivity index (χ1v) is 9.37. The zero-order chi connectivity index (χ0) is 15.5. The van der Waals surface area contributed by atoms with Crippen LogP contribution in [0, 0.1) is 47.3 Å². The van der Waals surface area contributed by atoms with E-state index in [1.165, 1.54) is 25.7 Å². The fourth-order valence-corrected chi connectivity index (χ4v) is 7.08. The Morgan fingerprint density at radius 1 is 0.955 bits per heavy atom. The van der Waals surface area contributed by atoms with Gasteiger partial charge < -0.3 is 10.2 Å². The van der Waals surface area contributed by atoms with E-state index in [2.05, 4.69) is 12.8 Å². The van der Waals surface area contributed by atoms with Crippen molar-refractivity contribution in [3.8, 4) is 12.3 Å². The molecule has 0 aromatic rings. The van der Waals surface area contributed by atoms with Crippen LogP contribution in [0.3, 0.4) is 0 Å². The van der Waals surface area contributed by atoms with Crippen molar-refractivity contribution in [2.45, 2.75) is 76.4 Å². The highest BCUT2D eigenvalue weighted by Gasteiger charge is 2.62. The van der Waals surface area contributed by atoms with Crippen molar-refractivity contribution in [2.75, 3.05) is 0 Å². The molecule has 2 nitrogen and oxygen atoms in total. The molecule has 0 aliphatic heterocycles. The van der Waals surface area contributed by atoms with E-state index < -0.39 is 5.60 Å². The van der Waals surface area contributed by atoms with Crippen molar-refractivity contribution in [2.24, 2.45) is 35.0 Å². The lowest BCUT2D eigenvalue weighted by Gasteiger charge is -2.56. The van der Waals surface area contributed by atoms with E-state index in [-0.39, 0.29) is 11.5 Å². The second-order valence-electron chi connectivity index (χ2n) is 8.90. The number of fused-ring (bicyclic) bond motifs is 5. The summed E-state index contributed by atoms with van der Waals surface area (Å²) in [5, 5.41) is 20.9. The summed E-state index contributed by atoms with van der Waals surface area (Å²) in [5.41, 5.74) is -0.938. The van der Waals surface area contributed by atoms with E-state index in [0.717, 1.165) is 55.8 Å². The van der Waals surface area contributed by atoms with Crippen LogP contribution < -0.4 is 0 Å². The van der Waals surface area contributed by atoms with Crippen LogP contribution in [0.5, 0.6) is 0 Å². The molecule has 0 saturated heterocycles. The fraction of sp³-hybridized carbons (Fsp3) is 0.900. The first-order chi connectivity index (χ1) is 10.5. The lowest BCUT2D eigenvalue weighted by Crippen LogP contribution is -2.53. The second kappa shape index (κ2) is 4.99. The standard InChI is InChI=1S/C20H30O2/c1-3-20(22)11-9-18-17-6-4-13-12-14(21)5-7-15(13)16(17)8-10-19(18,20)2/h1,13-18,21-22H,4-12H2,2H3/t13-,14-,15+,16+,17-,18-,19+,20+/m1/s1. The molecule has 122 valence electrons. The van der Waals surface area contributed by atoms with Crippen molar-refractivity contribution in [1.82, 2.24) is 0 Å². The third kappa shape index (κ3) is 1.88. The van der Waals surface area contributed by atoms with Gasteiger partial charge in [0.1, 0.15) is 5.60 Å². The average molecular weight is 302 g/mol. The molecule has 4 aliphatic carbocycles. The Kier molecular flexibility index (Phi) is 3.41. The van der Waals surface area contributed by atoms with Gasteiger partial charge in [-0.05, 0) is 87.4 Å². The maximum Gasteiger partial charge on any atom is 0.130 e. The molecule has 4 rings (SSSR count). The molecule has 0 unspecified atom stereocenters. The van der Waals surface area contributed by atoms with E-state index in [0.29, 0.717) is 5.92 Å². The van der Waals surface area contributed by atoms with Crippen molar-refractivity contribution in [3.63, 3.8) is 0 Å². The molecule has 8 atom stereocenters. The largest absolute Gasteiger partial charge is 0.393 e. The van der Waals surface area contributed by atoms with Crippen LogP contribution in [0.15, 0.2) is 0 Å². The fourth-order valence-electron chi connectivity index (χ4n) is 7.08. The van der Waals surface area contributed by atoms with Gasteiger partial charge >= 0.3 is 0 Å². The molecule has 0 heterocycles. The molecule has 2 N–H and O–H groups in total. The van der Waals surface area contributed by atoms with Gasteiger partial charge in [0.2, 0.25) is 0 Å². The quantitative estimate of drug-likeness (QED) is 0.674. The predicted molar refractivity (Wildman–Crippen MR) is 86.9 cm³/mol. The topological polar surface area (TPSA) is 40.5 Å². The Bertz CT molecular complexity index is 494. The van der Waals surface area contributed by atoms with Gasteiger partial charge in [-0.1, -0.05) is 12.8 Å². The highest BCUT2D eigenvalue weighted by atomic mass is 16.3. The predicted octanol–water partition coefficient (Wildman–Crippen LogP) is 3.36. The zero-order valence-corrected chi connectivity index (χ0v) is 13.8. The summed E-state index contributed by atoms with van der Waals surface area (Å²) in [4.78, 5) is 0. The number of hydrogen-bond donors (Lipinski definition) is 2. The molecule has 0 spiro atoms. The Hall–Kier alpha value is -0.520.